The van der Waals surface area contributed by atoms with Crippen LogP contribution in [0, 0.1) is 23.7 Å². The van der Waals surface area contributed by atoms with E-state index in [4.69, 9.17) is 4.74 Å². The van der Waals surface area contributed by atoms with Crippen molar-refractivity contribution in [2.75, 3.05) is 32.7 Å². The third kappa shape index (κ3) is 16.2. The molecule has 0 saturated carbocycles. The summed E-state index contributed by atoms with van der Waals surface area (Å²) in [6, 6.07) is 85.0. The monoisotopic (exact) mass is 1470 g/mol. The van der Waals surface area contributed by atoms with Crippen LogP contribution in [-0.2, 0) is 42.7 Å². The van der Waals surface area contributed by atoms with Crippen molar-refractivity contribution in [2.45, 2.75) is 196 Å². The molecule has 0 unspecified atom stereocenters. The highest BCUT2D eigenvalue weighted by Crippen LogP contribution is 2.52. The molecule has 11 heteroatoms. The maximum absolute atomic E-state index is 13.4. The van der Waals surface area contributed by atoms with Crippen molar-refractivity contribution in [1.29, 1.82) is 0 Å². The average Bonchev–Trinajstić information content (AvgIpc) is 0.754. The molecular weight excluding hydrogens is 1360 g/mol. The molecule has 110 heavy (non-hydrogen) atoms. The highest BCUT2D eigenvalue weighted by Gasteiger charge is 2.51. The molecule has 7 saturated heterocycles. The lowest BCUT2D eigenvalue weighted by molar-refractivity contribution is -0.144. The van der Waals surface area contributed by atoms with Crippen molar-refractivity contribution in [3.05, 3.63) is 305 Å². The molecule has 572 valence electrons. The molecule has 0 radical (unpaired) electrons. The molecule has 3 amide bonds. The number of amides is 3. The number of aromatic hydroxyl groups is 3. The number of hydrogen-bond acceptors (Lipinski definition) is 8. The zero-order valence-electron chi connectivity index (χ0n) is 65.9. The summed E-state index contributed by atoms with van der Waals surface area (Å²) in [5, 5.41) is 29.8. The van der Waals surface area contributed by atoms with Gasteiger partial charge in [-0.15, -0.1) is 0 Å². The fraction of sp³-hybridized carbons (Fsp3) is 0.404. The zero-order chi connectivity index (χ0) is 76.9. The number of benzene rings is 9. The lowest BCUT2D eigenvalue weighted by Crippen LogP contribution is -2.57. The van der Waals surface area contributed by atoms with Crippen LogP contribution in [-0.4, -0.2) is 110 Å². The smallest absolute Gasteiger partial charge is 0.254 e. The number of piperidine rings is 7. The number of rotatable bonds is 11. The second-order valence-corrected chi connectivity index (χ2v) is 34.5. The Kier molecular flexibility index (Phi) is 23.2. The first kappa shape index (κ1) is 77.0. The molecule has 9 aromatic rings. The lowest BCUT2D eigenvalue weighted by Gasteiger charge is -2.52. The molecule has 7 fully saturated rings. The van der Waals surface area contributed by atoms with Gasteiger partial charge in [0.1, 0.15) is 29.6 Å². The van der Waals surface area contributed by atoms with Crippen molar-refractivity contribution >= 4 is 23.3 Å². The first-order valence-electron chi connectivity index (χ1n) is 40.8. The number of ether oxygens (including phenoxy) is 1. The molecule has 9 aromatic carbocycles. The van der Waals surface area contributed by atoms with Crippen molar-refractivity contribution in [2.24, 2.45) is 23.7 Å². The van der Waals surface area contributed by atoms with Gasteiger partial charge in [-0.3, -0.25) is 19.3 Å². The van der Waals surface area contributed by atoms with Crippen molar-refractivity contribution < 1.29 is 34.4 Å². The zero-order valence-corrected chi connectivity index (χ0v) is 65.9. The molecule has 15 atom stereocenters. The molecule has 8 aliphatic rings. The number of phenols is 3. The minimum Gasteiger partial charge on any atom is -0.508 e. The Balaban J connectivity index is 0.000000123. The highest BCUT2D eigenvalue weighted by atomic mass is 16.5. The Labute approximate surface area is 654 Å². The summed E-state index contributed by atoms with van der Waals surface area (Å²) in [5.74, 6) is 4.99. The molecule has 17 rings (SSSR count). The van der Waals surface area contributed by atoms with Crippen molar-refractivity contribution in [1.82, 2.24) is 19.6 Å². The lowest BCUT2D eigenvalue weighted by atomic mass is 9.64. The Hall–Kier alpha value is -9.71. The Morgan fingerprint density at radius 1 is 0.373 bits per heavy atom. The first-order chi connectivity index (χ1) is 53.1. The SMILES string of the molecule is C[C@H]1CN2C(=O)C(c3ccccc3)=CC[C@H]2C[C@@]1(C)c1cccc(OCc2ccccc2)c1.C[C@H]1CN2C(=O)[C@@H](c3ccccc3)CC[C@H]2C[C@@]1(C)c1cccc(O)c1.C[C@H]1CN2C(=O)[C@H](c3ccccc3)CC[C@H]2C[C@@]1(C)c1cccc(O)c1.C[C@H]1CN2C[C@H](c3ccccc3)CC[C@H]2C[C@@]1(C)c1cccc(O)c1. The molecular formula is C99H114N4O7. The largest absolute Gasteiger partial charge is 0.508 e. The molecule has 0 aliphatic carbocycles. The minimum absolute atomic E-state index is 0.00442. The van der Waals surface area contributed by atoms with Crippen LogP contribution < -0.4 is 4.74 Å². The number of nitrogens with zero attached hydrogens (tertiary/aromatic N) is 4. The van der Waals surface area contributed by atoms with E-state index in [1.54, 1.807) is 18.2 Å². The van der Waals surface area contributed by atoms with E-state index in [0.29, 0.717) is 71.6 Å². The topological polar surface area (TPSA) is 134 Å². The number of carbonyl (C=O) groups excluding carboxylic acids is 3. The predicted octanol–water partition coefficient (Wildman–Crippen LogP) is 20.1. The third-order valence-electron chi connectivity index (χ3n) is 27.9. The van der Waals surface area contributed by atoms with Crippen molar-refractivity contribution in [3.8, 4) is 23.0 Å². The maximum Gasteiger partial charge on any atom is 0.254 e. The standard InChI is InChI=1S/C30H31NO2.2C23H27NO2.C23H29NO/c1-22-20-31-26(16-17-28(29(31)32)24-12-7-4-8-13-24)19-30(22,2)25-14-9-15-27(18-25)33-21-23-10-5-3-6-11-23;2*1-16-15-24-19(14-23(16,2)18-9-6-10-20(25)13-18)11-12-21(22(24)26)17-7-4-3-5-8-17;1-17-15-24-16-19(18-7-4-3-5-8-18)11-12-21(24)14-23(17,2)20-9-6-10-22(25)13-20/h3-15,17-18,22,26H,16,19-21H2,1-2H3;2*3-10,13,16,19,21,25H,11-12,14-15H2,1-2H3;3-10,13,17,19,21,25H,11-12,14-16H2,1-2H3/t22-,26-,30+;16-,19-,21+,23+;16-,19-,21-,23+;17-,19+,21-,23+/m0000/s1. The van der Waals surface area contributed by atoms with E-state index in [1.807, 2.05) is 127 Å². The summed E-state index contributed by atoms with van der Waals surface area (Å²) in [6.07, 6.45) is 13.6. The van der Waals surface area contributed by atoms with Gasteiger partial charge >= 0.3 is 0 Å². The summed E-state index contributed by atoms with van der Waals surface area (Å²) < 4.78 is 6.12. The van der Waals surface area contributed by atoms with Crippen LogP contribution in [0.3, 0.4) is 0 Å². The Morgan fingerprint density at radius 3 is 1.22 bits per heavy atom. The van der Waals surface area contributed by atoms with Gasteiger partial charge in [0, 0.05) is 62.5 Å². The average molecular weight is 1470 g/mol. The van der Waals surface area contributed by atoms with Crippen LogP contribution in [0.2, 0.25) is 0 Å². The Morgan fingerprint density at radius 2 is 0.755 bits per heavy atom. The van der Waals surface area contributed by atoms with Gasteiger partial charge in [0.15, 0.2) is 0 Å². The van der Waals surface area contributed by atoms with Gasteiger partial charge < -0.3 is 34.8 Å². The summed E-state index contributed by atoms with van der Waals surface area (Å²) in [5.41, 5.74) is 11.9. The van der Waals surface area contributed by atoms with E-state index in [1.165, 1.54) is 53.6 Å². The molecule has 0 aromatic heterocycles. The summed E-state index contributed by atoms with van der Waals surface area (Å²) in [7, 11) is 0. The molecule has 8 heterocycles. The molecule has 0 spiro atoms. The van der Waals surface area contributed by atoms with Gasteiger partial charge in [-0.25, -0.2) is 0 Å². The van der Waals surface area contributed by atoms with Gasteiger partial charge in [0.2, 0.25) is 11.8 Å². The highest BCUT2D eigenvalue weighted by molar-refractivity contribution is 6.20. The van der Waals surface area contributed by atoms with Crippen molar-refractivity contribution in [3.63, 3.8) is 0 Å². The second-order valence-electron chi connectivity index (χ2n) is 34.5. The minimum atomic E-state index is -0.0141. The van der Waals surface area contributed by atoms with Gasteiger partial charge in [-0.05, 0) is 220 Å². The summed E-state index contributed by atoms with van der Waals surface area (Å²) >= 11 is 0. The van der Waals surface area contributed by atoms with Crippen LogP contribution >= 0.6 is 0 Å². The predicted molar refractivity (Wildman–Crippen MR) is 442 cm³/mol. The van der Waals surface area contributed by atoms with Gasteiger partial charge in [0.05, 0.1) is 11.8 Å². The number of phenolic OH excluding ortho intramolecular Hbond substituents is 3. The quantitative estimate of drug-likeness (QED) is 0.117. The van der Waals surface area contributed by atoms with E-state index in [0.717, 1.165) is 111 Å². The molecule has 11 nitrogen and oxygen atoms in total. The fourth-order valence-electron chi connectivity index (χ4n) is 20.2. The number of fused-ring (bicyclic) bond motifs is 4. The van der Waals surface area contributed by atoms with Gasteiger partial charge in [0.25, 0.3) is 5.91 Å². The Bertz CT molecular complexity index is 4520. The maximum atomic E-state index is 13.4. The van der Waals surface area contributed by atoms with E-state index in [2.05, 4.69) is 184 Å². The number of carbonyl (C=O) groups is 3. The van der Waals surface area contributed by atoms with Crippen LogP contribution in [0.5, 0.6) is 23.0 Å². The van der Waals surface area contributed by atoms with Gasteiger partial charge in [-0.1, -0.05) is 262 Å². The summed E-state index contributed by atoms with van der Waals surface area (Å²) in [4.78, 5) is 48.9. The van der Waals surface area contributed by atoms with E-state index < -0.39 is 0 Å². The molecule has 0 bridgehead atoms. The number of hydrogen-bond donors (Lipinski definition) is 3. The second kappa shape index (κ2) is 33.1. The van der Waals surface area contributed by atoms with Crippen LogP contribution in [0.15, 0.2) is 255 Å². The van der Waals surface area contributed by atoms with Crippen LogP contribution in [0.1, 0.15) is 194 Å². The van der Waals surface area contributed by atoms with E-state index in [9.17, 15) is 29.7 Å². The fourth-order valence-corrected chi connectivity index (χ4v) is 20.2. The normalized spacial score (nSPS) is 29.8. The first-order valence-corrected chi connectivity index (χ1v) is 40.8. The van der Waals surface area contributed by atoms with Crippen LogP contribution in [0.4, 0.5) is 0 Å². The molecule has 3 N–H and O–H groups in total. The van der Waals surface area contributed by atoms with E-state index >= 15 is 0 Å². The molecule has 8 aliphatic heterocycles. The summed E-state index contributed by atoms with van der Waals surface area (Å²) in [6.45, 7) is 23.7. The van der Waals surface area contributed by atoms with Crippen LogP contribution in [0.25, 0.3) is 5.57 Å². The third-order valence-corrected chi connectivity index (χ3v) is 27.9. The van der Waals surface area contributed by atoms with Gasteiger partial charge in [-0.2, -0.15) is 0 Å². The van der Waals surface area contributed by atoms with E-state index in [-0.39, 0.29) is 57.3 Å².